The number of ether oxygens (including phenoxy) is 1. The van der Waals surface area contributed by atoms with Gasteiger partial charge in [0.1, 0.15) is 5.75 Å². The molecule has 8 heteroatoms. The van der Waals surface area contributed by atoms with Crippen LogP contribution in [0.2, 0.25) is 0 Å². The minimum absolute atomic E-state index is 0.0371. The largest absolute Gasteiger partial charge is 0.496 e. The van der Waals surface area contributed by atoms with Crippen molar-refractivity contribution in [1.29, 1.82) is 0 Å². The van der Waals surface area contributed by atoms with Crippen LogP contribution in [0.15, 0.2) is 59.1 Å². The number of nitrogens with zero attached hydrogens (tertiary/aromatic N) is 2. The molecule has 0 spiro atoms. The molecule has 0 unspecified atom stereocenters. The van der Waals surface area contributed by atoms with Crippen LogP contribution in [-0.2, 0) is 23.0 Å². The van der Waals surface area contributed by atoms with Gasteiger partial charge < -0.3 is 9.26 Å². The summed E-state index contributed by atoms with van der Waals surface area (Å²) in [7, 11) is -1.86. The molecule has 0 saturated carbocycles. The van der Waals surface area contributed by atoms with Gasteiger partial charge in [-0.05, 0) is 30.5 Å². The average molecular weight is 387 g/mol. The van der Waals surface area contributed by atoms with Crippen molar-refractivity contribution in [3.8, 4) is 17.1 Å². The van der Waals surface area contributed by atoms with Crippen molar-refractivity contribution in [1.82, 2.24) is 14.9 Å². The number of methoxy groups -OCH3 is 1. The van der Waals surface area contributed by atoms with Gasteiger partial charge in [0.25, 0.3) is 0 Å². The summed E-state index contributed by atoms with van der Waals surface area (Å²) in [4.78, 5) is 4.24. The molecule has 1 heterocycles. The van der Waals surface area contributed by atoms with Crippen LogP contribution in [0.3, 0.4) is 0 Å². The van der Waals surface area contributed by atoms with Gasteiger partial charge in [-0.1, -0.05) is 47.6 Å². The Bertz CT molecular complexity index is 971. The van der Waals surface area contributed by atoms with Crippen LogP contribution in [0.5, 0.6) is 5.75 Å². The molecule has 27 heavy (non-hydrogen) atoms. The van der Waals surface area contributed by atoms with Crippen molar-refractivity contribution in [3.05, 3.63) is 66.1 Å². The van der Waals surface area contributed by atoms with Gasteiger partial charge in [0, 0.05) is 0 Å². The second-order valence-electron chi connectivity index (χ2n) is 5.94. The van der Waals surface area contributed by atoms with Crippen LogP contribution in [-0.4, -0.2) is 31.4 Å². The fourth-order valence-electron chi connectivity index (χ4n) is 2.62. The highest BCUT2D eigenvalue weighted by atomic mass is 32.2. The van der Waals surface area contributed by atoms with Crippen molar-refractivity contribution in [2.45, 2.75) is 19.4 Å². The highest BCUT2D eigenvalue weighted by Gasteiger charge is 2.15. The molecule has 1 N–H and O–H groups in total. The first-order valence-corrected chi connectivity index (χ1v) is 10.2. The van der Waals surface area contributed by atoms with Gasteiger partial charge in [-0.3, -0.25) is 0 Å². The molecule has 0 saturated heterocycles. The lowest BCUT2D eigenvalue weighted by molar-refractivity contribution is 0.375. The molecule has 0 bridgehead atoms. The van der Waals surface area contributed by atoms with Gasteiger partial charge in [-0.15, -0.1) is 0 Å². The second kappa shape index (κ2) is 8.79. The molecule has 3 aromatic rings. The van der Waals surface area contributed by atoms with E-state index in [1.165, 1.54) is 0 Å². The minimum atomic E-state index is -3.42. The first-order chi connectivity index (χ1) is 13.1. The minimum Gasteiger partial charge on any atom is -0.496 e. The maximum atomic E-state index is 12.2. The number of nitrogens with one attached hydrogen (secondary N) is 1. The Hall–Kier alpha value is -2.71. The Balaban J connectivity index is 1.54. The van der Waals surface area contributed by atoms with E-state index in [1.807, 2.05) is 42.5 Å². The molecule has 0 aliphatic carbocycles. The lowest BCUT2D eigenvalue weighted by atomic mass is 10.1. The zero-order chi connectivity index (χ0) is 19.1. The summed E-state index contributed by atoms with van der Waals surface area (Å²) in [6.45, 7) is -0.0458. The molecule has 3 rings (SSSR count). The average Bonchev–Trinajstić information content (AvgIpc) is 3.16. The SMILES string of the molecule is COc1ccccc1-c1noc(CNS(=O)(=O)CCCc2ccccc2)n1. The monoisotopic (exact) mass is 387 g/mol. The third-order valence-corrected chi connectivity index (χ3v) is 5.39. The van der Waals surface area contributed by atoms with Crippen molar-refractivity contribution < 1.29 is 17.7 Å². The van der Waals surface area contributed by atoms with Crippen LogP contribution >= 0.6 is 0 Å². The molecule has 0 aliphatic heterocycles. The third kappa shape index (κ3) is 5.38. The number of rotatable bonds is 9. The highest BCUT2D eigenvalue weighted by molar-refractivity contribution is 7.89. The van der Waals surface area contributed by atoms with Crippen LogP contribution < -0.4 is 9.46 Å². The molecular formula is C19H21N3O4S. The molecule has 142 valence electrons. The first-order valence-electron chi connectivity index (χ1n) is 8.54. The van der Waals surface area contributed by atoms with Crippen LogP contribution in [0.4, 0.5) is 0 Å². The van der Waals surface area contributed by atoms with E-state index in [4.69, 9.17) is 9.26 Å². The summed E-state index contributed by atoms with van der Waals surface area (Å²) >= 11 is 0. The summed E-state index contributed by atoms with van der Waals surface area (Å²) in [6.07, 6.45) is 1.25. The van der Waals surface area contributed by atoms with E-state index in [-0.39, 0.29) is 18.2 Å². The van der Waals surface area contributed by atoms with Crippen molar-refractivity contribution >= 4 is 10.0 Å². The molecule has 7 nitrogen and oxygen atoms in total. The fourth-order valence-corrected chi connectivity index (χ4v) is 3.63. The van der Waals surface area contributed by atoms with Crippen LogP contribution in [0.25, 0.3) is 11.4 Å². The van der Waals surface area contributed by atoms with Gasteiger partial charge in [-0.2, -0.15) is 4.98 Å². The van der Waals surface area contributed by atoms with Gasteiger partial charge in [-0.25, -0.2) is 13.1 Å². The lowest BCUT2D eigenvalue weighted by Gasteiger charge is -2.05. The number of benzene rings is 2. The smallest absolute Gasteiger partial charge is 0.242 e. The Morgan fingerprint density at radius 2 is 1.81 bits per heavy atom. The molecule has 0 radical (unpaired) electrons. The molecule has 0 amide bonds. The van der Waals surface area contributed by atoms with E-state index < -0.39 is 10.0 Å². The summed E-state index contributed by atoms with van der Waals surface area (Å²) < 4.78 is 37.2. The number of hydrogen-bond donors (Lipinski definition) is 1. The number of hydrogen-bond acceptors (Lipinski definition) is 6. The second-order valence-corrected chi connectivity index (χ2v) is 7.87. The summed E-state index contributed by atoms with van der Waals surface area (Å²) in [5.41, 5.74) is 1.80. The normalized spacial score (nSPS) is 11.4. The Morgan fingerprint density at radius 3 is 2.59 bits per heavy atom. The van der Waals surface area contributed by atoms with Gasteiger partial charge in [0.2, 0.25) is 21.7 Å². The lowest BCUT2D eigenvalue weighted by Crippen LogP contribution is -2.26. The molecule has 0 fully saturated rings. The van der Waals surface area contributed by atoms with Crippen molar-refractivity contribution in [2.75, 3.05) is 12.9 Å². The zero-order valence-corrected chi connectivity index (χ0v) is 15.8. The van der Waals surface area contributed by atoms with E-state index in [2.05, 4.69) is 14.9 Å². The Kier molecular flexibility index (Phi) is 6.20. The maximum absolute atomic E-state index is 12.2. The topological polar surface area (TPSA) is 94.3 Å². The highest BCUT2D eigenvalue weighted by Crippen LogP contribution is 2.26. The van der Waals surface area contributed by atoms with Crippen molar-refractivity contribution in [2.24, 2.45) is 0 Å². The number of aromatic nitrogens is 2. The van der Waals surface area contributed by atoms with Crippen LogP contribution in [0, 0.1) is 0 Å². The maximum Gasteiger partial charge on any atom is 0.242 e. The Morgan fingerprint density at radius 1 is 1.07 bits per heavy atom. The molecule has 0 aliphatic rings. The predicted octanol–water partition coefficient (Wildman–Crippen LogP) is 2.80. The van der Waals surface area contributed by atoms with Crippen molar-refractivity contribution in [3.63, 3.8) is 0 Å². The van der Waals surface area contributed by atoms with E-state index in [0.717, 1.165) is 5.56 Å². The van der Waals surface area contributed by atoms with E-state index >= 15 is 0 Å². The van der Waals surface area contributed by atoms with Gasteiger partial charge in [0.05, 0.1) is 25.0 Å². The summed E-state index contributed by atoms with van der Waals surface area (Å²) in [6, 6.07) is 17.1. The number of aryl methyl sites for hydroxylation is 1. The standard InChI is InChI=1S/C19H21N3O4S/c1-25-17-12-6-5-11-16(17)19-21-18(26-22-19)14-20-27(23,24)13-7-10-15-8-3-2-4-9-15/h2-6,8-9,11-12,20H,7,10,13-14H2,1H3. The molecular weight excluding hydrogens is 366 g/mol. The van der Waals surface area contributed by atoms with E-state index in [9.17, 15) is 8.42 Å². The molecule has 2 aromatic carbocycles. The van der Waals surface area contributed by atoms with Crippen LogP contribution in [0.1, 0.15) is 17.9 Å². The number of para-hydroxylation sites is 1. The van der Waals surface area contributed by atoms with Gasteiger partial charge >= 0.3 is 0 Å². The third-order valence-electron chi connectivity index (χ3n) is 3.98. The molecule has 0 atom stereocenters. The summed E-state index contributed by atoms with van der Waals surface area (Å²) in [5, 5.41) is 3.90. The molecule has 1 aromatic heterocycles. The quantitative estimate of drug-likeness (QED) is 0.607. The Labute approximate surface area is 158 Å². The zero-order valence-electron chi connectivity index (χ0n) is 15.0. The van der Waals surface area contributed by atoms with E-state index in [0.29, 0.717) is 30.0 Å². The number of sulfonamides is 1. The first kappa shape index (κ1) is 19.1. The predicted molar refractivity (Wildman–Crippen MR) is 102 cm³/mol. The summed E-state index contributed by atoms with van der Waals surface area (Å²) in [5.74, 6) is 1.20. The van der Waals surface area contributed by atoms with E-state index in [1.54, 1.807) is 19.2 Å². The van der Waals surface area contributed by atoms with Gasteiger partial charge in [0.15, 0.2) is 0 Å². The fraction of sp³-hybridized carbons (Fsp3) is 0.263.